The number of amides is 1. The van der Waals surface area contributed by atoms with Crippen molar-refractivity contribution in [1.29, 1.82) is 0 Å². The second kappa shape index (κ2) is 9.02. The van der Waals surface area contributed by atoms with E-state index in [0.29, 0.717) is 35.6 Å². The molecule has 1 amide bonds. The number of pyridine rings is 1. The molecule has 0 aliphatic heterocycles. The van der Waals surface area contributed by atoms with Crippen molar-refractivity contribution < 1.29 is 13.9 Å². The van der Waals surface area contributed by atoms with E-state index in [1.165, 1.54) is 48.9 Å². The normalized spacial score (nSPS) is 14.5. The highest BCUT2D eigenvalue weighted by atomic mass is 19.1. The Hall–Kier alpha value is -3.29. The van der Waals surface area contributed by atoms with Crippen LogP contribution in [-0.2, 0) is 0 Å². The number of nitrogens with one attached hydrogen (secondary N) is 1. The zero-order valence-corrected chi connectivity index (χ0v) is 16.8. The molecule has 30 heavy (non-hydrogen) atoms. The molecule has 1 aromatic carbocycles. The topological polar surface area (TPSA) is 81.9 Å². The summed E-state index contributed by atoms with van der Waals surface area (Å²) < 4.78 is 20.6. The van der Waals surface area contributed by atoms with Crippen LogP contribution >= 0.6 is 0 Å². The molecule has 3 aromatic rings. The number of carbonyl (C=O) groups excluding carboxylic acids is 1. The van der Waals surface area contributed by atoms with Crippen LogP contribution in [0, 0.1) is 18.7 Å². The number of benzene rings is 1. The van der Waals surface area contributed by atoms with Gasteiger partial charge >= 0.3 is 0 Å². The lowest BCUT2D eigenvalue weighted by Gasteiger charge is -2.22. The van der Waals surface area contributed by atoms with Crippen molar-refractivity contribution in [3.05, 3.63) is 60.1 Å². The lowest BCUT2D eigenvalue weighted by Crippen LogP contribution is -2.18. The molecule has 2 heterocycles. The summed E-state index contributed by atoms with van der Waals surface area (Å²) in [6.45, 7) is 2.34. The minimum atomic E-state index is -0.486. The van der Waals surface area contributed by atoms with Gasteiger partial charge in [0.1, 0.15) is 11.6 Å². The SMILES string of the molecule is Cc1nc(C(=O)Nc2ncccc2OCC2CCCCC2)nn1-c1ccc(F)cc1. The monoisotopic (exact) mass is 409 g/mol. The van der Waals surface area contributed by atoms with Gasteiger partial charge in [0.15, 0.2) is 11.6 Å². The van der Waals surface area contributed by atoms with Gasteiger partial charge in [-0.3, -0.25) is 4.79 Å². The van der Waals surface area contributed by atoms with Gasteiger partial charge < -0.3 is 10.1 Å². The van der Waals surface area contributed by atoms with E-state index in [4.69, 9.17) is 4.74 Å². The maximum Gasteiger partial charge on any atom is 0.296 e. The lowest BCUT2D eigenvalue weighted by atomic mass is 9.90. The average molecular weight is 409 g/mol. The molecule has 0 bridgehead atoms. The van der Waals surface area contributed by atoms with Gasteiger partial charge in [-0.1, -0.05) is 19.3 Å². The largest absolute Gasteiger partial charge is 0.489 e. The molecule has 1 saturated carbocycles. The predicted molar refractivity (Wildman–Crippen MR) is 110 cm³/mol. The van der Waals surface area contributed by atoms with E-state index in [2.05, 4.69) is 20.4 Å². The fourth-order valence-corrected chi connectivity index (χ4v) is 3.64. The van der Waals surface area contributed by atoms with Gasteiger partial charge in [0, 0.05) is 6.20 Å². The first-order valence-electron chi connectivity index (χ1n) is 10.2. The van der Waals surface area contributed by atoms with Crippen molar-refractivity contribution >= 4 is 11.7 Å². The minimum Gasteiger partial charge on any atom is -0.489 e. The van der Waals surface area contributed by atoms with E-state index in [-0.39, 0.29) is 11.6 Å². The van der Waals surface area contributed by atoms with Gasteiger partial charge in [-0.25, -0.2) is 19.0 Å². The third-order valence-corrected chi connectivity index (χ3v) is 5.25. The van der Waals surface area contributed by atoms with Gasteiger partial charge in [0.25, 0.3) is 5.91 Å². The molecule has 4 rings (SSSR count). The Morgan fingerprint density at radius 3 is 2.73 bits per heavy atom. The standard InChI is InChI=1S/C22H24FN5O2/c1-15-25-21(27-28(15)18-11-9-17(23)10-12-18)22(29)26-20-19(8-5-13-24-20)30-14-16-6-3-2-4-7-16/h5,8-13,16H,2-4,6-7,14H2,1H3,(H,24,26,29). The van der Waals surface area contributed by atoms with E-state index >= 15 is 0 Å². The van der Waals surface area contributed by atoms with Crippen LogP contribution in [0.3, 0.4) is 0 Å². The highest BCUT2D eigenvalue weighted by molar-refractivity contribution is 6.01. The van der Waals surface area contributed by atoms with Crippen molar-refractivity contribution in [1.82, 2.24) is 19.7 Å². The molecular weight excluding hydrogens is 385 g/mol. The summed E-state index contributed by atoms with van der Waals surface area (Å²) in [5.74, 6) is 1.10. The van der Waals surface area contributed by atoms with Crippen LogP contribution in [0.4, 0.5) is 10.2 Å². The summed E-state index contributed by atoms with van der Waals surface area (Å²) in [7, 11) is 0. The molecule has 0 radical (unpaired) electrons. The molecule has 0 unspecified atom stereocenters. The fraction of sp³-hybridized carbons (Fsp3) is 0.364. The Morgan fingerprint density at radius 1 is 1.20 bits per heavy atom. The second-order valence-electron chi connectivity index (χ2n) is 7.49. The molecule has 7 nitrogen and oxygen atoms in total. The molecule has 1 fully saturated rings. The minimum absolute atomic E-state index is 0.000656. The third kappa shape index (κ3) is 4.64. The fourth-order valence-electron chi connectivity index (χ4n) is 3.64. The highest BCUT2D eigenvalue weighted by Crippen LogP contribution is 2.27. The first-order valence-corrected chi connectivity index (χ1v) is 10.2. The first kappa shape index (κ1) is 20.0. The van der Waals surface area contributed by atoms with E-state index in [1.54, 1.807) is 37.4 Å². The number of halogens is 1. The zero-order chi connectivity index (χ0) is 20.9. The summed E-state index contributed by atoms with van der Waals surface area (Å²) >= 11 is 0. The van der Waals surface area contributed by atoms with Crippen molar-refractivity contribution in [2.24, 2.45) is 5.92 Å². The van der Waals surface area contributed by atoms with Crippen LogP contribution in [0.1, 0.15) is 48.5 Å². The maximum absolute atomic E-state index is 13.2. The van der Waals surface area contributed by atoms with Crippen molar-refractivity contribution in [3.63, 3.8) is 0 Å². The van der Waals surface area contributed by atoms with E-state index in [9.17, 15) is 9.18 Å². The van der Waals surface area contributed by atoms with Crippen molar-refractivity contribution in [2.45, 2.75) is 39.0 Å². The molecular formula is C22H24FN5O2. The van der Waals surface area contributed by atoms with Gasteiger partial charge in [0.05, 0.1) is 12.3 Å². The maximum atomic E-state index is 13.2. The summed E-state index contributed by atoms with van der Waals surface area (Å²) in [5.41, 5.74) is 0.620. The van der Waals surface area contributed by atoms with Crippen LogP contribution < -0.4 is 10.1 Å². The van der Waals surface area contributed by atoms with Crippen LogP contribution in [-0.4, -0.2) is 32.3 Å². The summed E-state index contributed by atoms with van der Waals surface area (Å²) in [4.78, 5) is 21.2. The Balaban J connectivity index is 1.46. The molecule has 1 aliphatic carbocycles. The summed E-state index contributed by atoms with van der Waals surface area (Å²) in [6.07, 6.45) is 7.72. The average Bonchev–Trinajstić information content (AvgIpc) is 3.16. The second-order valence-corrected chi connectivity index (χ2v) is 7.49. The van der Waals surface area contributed by atoms with Crippen LogP contribution in [0.25, 0.3) is 5.69 Å². The number of anilines is 1. The molecule has 1 N–H and O–H groups in total. The molecule has 8 heteroatoms. The predicted octanol–water partition coefficient (Wildman–Crippen LogP) is 4.32. The number of aryl methyl sites for hydroxylation is 1. The van der Waals surface area contributed by atoms with Crippen LogP contribution in [0.15, 0.2) is 42.6 Å². The molecule has 1 aliphatic rings. The summed E-state index contributed by atoms with van der Waals surface area (Å²) in [6, 6.07) is 9.39. The molecule has 0 spiro atoms. The molecule has 0 atom stereocenters. The molecule has 0 saturated heterocycles. The van der Waals surface area contributed by atoms with Crippen molar-refractivity contribution in [2.75, 3.05) is 11.9 Å². The smallest absolute Gasteiger partial charge is 0.296 e. The van der Waals surface area contributed by atoms with Gasteiger partial charge in [-0.2, -0.15) is 0 Å². The quantitative estimate of drug-likeness (QED) is 0.656. The zero-order valence-electron chi connectivity index (χ0n) is 16.8. The summed E-state index contributed by atoms with van der Waals surface area (Å²) in [5, 5.41) is 7.00. The Morgan fingerprint density at radius 2 is 1.97 bits per heavy atom. The van der Waals surface area contributed by atoms with Gasteiger partial charge in [-0.15, -0.1) is 5.10 Å². The number of hydrogen-bond donors (Lipinski definition) is 1. The van der Waals surface area contributed by atoms with Crippen LogP contribution in [0.5, 0.6) is 5.75 Å². The highest BCUT2D eigenvalue weighted by Gasteiger charge is 2.19. The number of aromatic nitrogens is 4. The Bertz CT molecular complexity index is 1010. The van der Waals surface area contributed by atoms with Gasteiger partial charge in [-0.05, 0) is 62.1 Å². The number of nitrogens with zero attached hydrogens (tertiary/aromatic N) is 4. The Labute approximate surface area is 174 Å². The van der Waals surface area contributed by atoms with E-state index < -0.39 is 5.91 Å². The molecule has 2 aromatic heterocycles. The third-order valence-electron chi connectivity index (χ3n) is 5.25. The number of ether oxygens (including phenoxy) is 1. The van der Waals surface area contributed by atoms with Crippen LogP contribution in [0.2, 0.25) is 0 Å². The van der Waals surface area contributed by atoms with E-state index in [1.807, 2.05) is 0 Å². The lowest BCUT2D eigenvalue weighted by molar-refractivity contribution is 0.101. The number of carbonyl (C=O) groups is 1. The Kier molecular flexibility index (Phi) is 6.02. The molecule has 156 valence electrons. The number of rotatable bonds is 6. The number of hydrogen-bond acceptors (Lipinski definition) is 5. The van der Waals surface area contributed by atoms with Crippen molar-refractivity contribution in [3.8, 4) is 11.4 Å². The first-order chi connectivity index (χ1) is 14.6. The van der Waals surface area contributed by atoms with E-state index in [0.717, 1.165) is 0 Å². The van der Waals surface area contributed by atoms with Gasteiger partial charge in [0.2, 0.25) is 5.82 Å².